The minimum atomic E-state index is -0.539. The highest BCUT2D eigenvalue weighted by molar-refractivity contribution is 6.00. The number of nitrogens with two attached hydrogens (primary N) is 1. The molecule has 1 aromatic carbocycles. The van der Waals surface area contributed by atoms with Gasteiger partial charge >= 0.3 is 5.91 Å². The van der Waals surface area contributed by atoms with Gasteiger partial charge in [0.05, 0.1) is 12.0 Å². The first-order valence-corrected chi connectivity index (χ1v) is 6.46. The number of ether oxygens (including phenoxy) is 1. The van der Waals surface area contributed by atoms with Crippen LogP contribution in [0, 0.1) is 0 Å². The topological polar surface area (TPSA) is 107 Å². The van der Waals surface area contributed by atoms with E-state index in [1.807, 2.05) is 0 Å². The van der Waals surface area contributed by atoms with E-state index in [-0.39, 0.29) is 12.4 Å². The largest absolute Gasteiger partial charge is 0.484 e. The number of rotatable bonds is 6. The maximum atomic E-state index is 11.7. The second-order valence-electron chi connectivity index (χ2n) is 4.39. The smallest absolute Gasteiger partial charge is 0.307 e. The Morgan fingerprint density at radius 3 is 2.59 bits per heavy atom. The third kappa shape index (κ3) is 4.20. The third-order valence-corrected chi connectivity index (χ3v) is 2.72. The molecule has 0 unspecified atom stereocenters. The van der Waals surface area contributed by atoms with E-state index in [4.69, 9.17) is 14.9 Å². The number of hydrogen-bond donors (Lipinski definition) is 2. The molecule has 0 bridgehead atoms. The SMILES string of the molecule is C/C(=N/NC(=O)c1ccco1)c1ccc(OCC(N)=O)cc1. The van der Waals surface area contributed by atoms with Crippen LogP contribution in [0.2, 0.25) is 0 Å². The number of primary amides is 1. The van der Waals surface area contributed by atoms with Gasteiger partial charge in [-0.25, -0.2) is 5.43 Å². The highest BCUT2D eigenvalue weighted by Gasteiger charge is 2.07. The molecule has 0 radical (unpaired) electrons. The summed E-state index contributed by atoms with van der Waals surface area (Å²) in [5, 5.41) is 4.00. The van der Waals surface area contributed by atoms with Gasteiger partial charge in [-0.2, -0.15) is 5.10 Å². The molecule has 0 atom stereocenters. The summed E-state index contributed by atoms with van der Waals surface area (Å²) in [4.78, 5) is 22.3. The average Bonchev–Trinajstić information content (AvgIpc) is 3.05. The normalized spacial score (nSPS) is 11.0. The molecule has 0 saturated carbocycles. The number of carbonyl (C=O) groups is 2. The zero-order chi connectivity index (χ0) is 15.9. The Kier molecular flexibility index (Phi) is 4.92. The summed E-state index contributed by atoms with van der Waals surface area (Å²) in [5.74, 6) is -0.255. The van der Waals surface area contributed by atoms with E-state index < -0.39 is 11.8 Å². The summed E-state index contributed by atoms with van der Waals surface area (Å²) >= 11 is 0. The predicted octanol–water partition coefficient (Wildman–Crippen LogP) is 1.30. The second kappa shape index (κ2) is 7.07. The van der Waals surface area contributed by atoms with Crippen LogP contribution in [0.25, 0.3) is 0 Å². The van der Waals surface area contributed by atoms with Gasteiger partial charge in [0, 0.05) is 0 Å². The first kappa shape index (κ1) is 15.3. The highest BCUT2D eigenvalue weighted by Crippen LogP contribution is 2.12. The number of nitrogens with zero attached hydrogens (tertiary/aromatic N) is 1. The van der Waals surface area contributed by atoms with Gasteiger partial charge in [0.15, 0.2) is 12.4 Å². The van der Waals surface area contributed by atoms with Crippen molar-refractivity contribution in [3.05, 3.63) is 54.0 Å². The predicted molar refractivity (Wildman–Crippen MR) is 79.5 cm³/mol. The van der Waals surface area contributed by atoms with Gasteiger partial charge in [0.25, 0.3) is 5.91 Å². The van der Waals surface area contributed by atoms with Crippen LogP contribution in [0.4, 0.5) is 0 Å². The number of carbonyl (C=O) groups excluding carboxylic acids is 2. The Morgan fingerprint density at radius 2 is 2.00 bits per heavy atom. The Bertz CT molecular complexity index is 675. The van der Waals surface area contributed by atoms with E-state index in [0.29, 0.717) is 11.5 Å². The Hall–Kier alpha value is -3.09. The fraction of sp³-hybridized carbons (Fsp3) is 0.133. The minimum Gasteiger partial charge on any atom is -0.484 e. The number of hydrogen-bond acceptors (Lipinski definition) is 5. The van der Waals surface area contributed by atoms with E-state index in [2.05, 4.69) is 10.5 Å². The van der Waals surface area contributed by atoms with Crippen molar-refractivity contribution in [2.75, 3.05) is 6.61 Å². The molecule has 3 N–H and O–H groups in total. The zero-order valence-electron chi connectivity index (χ0n) is 11.9. The standard InChI is InChI=1S/C15H15N3O4/c1-10(17-18-15(20)13-3-2-8-21-13)11-4-6-12(7-5-11)22-9-14(16)19/h2-8H,9H2,1H3,(H2,16,19)(H,18,20)/b17-10-. The summed E-state index contributed by atoms with van der Waals surface area (Å²) in [7, 11) is 0. The fourth-order valence-corrected chi connectivity index (χ4v) is 1.61. The average molecular weight is 301 g/mol. The van der Waals surface area contributed by atoms with E-state index in [1.54, 1.807) is 43.3 Å². The van der Waals surface area contributed by atoms with Crippen LogP contribution in [0.3, 0.4) is 0 Å². The molecule has 0 aliphatic heterocycles. The molecule has 7 nitrogen and oxygen atoms in total. The highest BCUT2D eigenvalue weighted by atomic mass is 16.5. The molecule has 7 heteroatoms. The lowest BCUT2D eigenvalue weighted by Gasteiger charge is -2.05. The van der Waals surface area contributed by atoms with Crippen molar-refractivity contribution in [2.24, 2.45) is 10.8 Å². The van der Waals surface area contributed by atoms with Gasteiger partial charge in [0.2, 0.25) is 0 Å². The van der Waals surface area contributed by atoms with Crippen LogP contribution in [0.15, 0.2) is 52.2 Å². The molecule has 0 aliphatic carbocycles. The molecule has 0 aliphatic rings. The first-order valence-electron chi connectivity index (χ1n) is 6.46. The van der Waals surface area contributed by atoms with Gasteiger partial charge in [-0.1, -0.05) is 0 Å². The monoisotopic (exact) mass is 301 g/mol. The molecule has 2 rings (SSSR count). The van der Waals surface area contributed by atoms with Crippen LogP contribution in [0.1, 0.15) is 23.0 Å². The number of amides is 2. The molecule has 1 aromatic heterocycles. The Balaban J connectivity index is 1.96. The van der Waals surface area contributed by atoms with E-state index >= 15 is 0 Å². The molecule has 0 spiro atoms. The van der Waals surface area contributed by atoms with E-state index in [0.717, 1.165) is 5.56 Å². The van der Waals surface area contributed by atoms with Crippen LogP contribution < -0.4 is 15.9 Å². The summed E-state index contributed by atoms with van der Waals surface area (Å²) in [6.45, 7) is 1.58. The maximum absolute atomic E-state index is 11.7. The summed E-state index contributed by atoms with van der Waals surface area (Å²) < 4.78 is 10.1. The van der Waals surface area contributed by atoms with Crippen molar-refractivity contribution in [1.29, 1.82) is 0 Å². The molecule has 0 saturated heterocycles. The quantitative estimate of drug-likeness (QED) is 0.619. The van der Waals surface area contributed by atoms with Crippen molar-refractivity contribution in [1.82, 2.24) is 5.43 Å². The van der Waals surface area contributed by atoms with Gasteiger partial charge in [-0.3, -0.25) is 9.59 Å². The van der Waals surface area contributed by atoms with Gasteiger partial charge in [-0.05, 0) is 48.9 Å². The fourth-order valence-electron chi connectivity index (χ4n) is 1.61. The van der Waals surface area contributed by atoms with Crippen molar-refractivity contribution in [3.63, 3.8) is 0 Å². The lowest BCUT2D eigenvalue weighted by atomic mass is 10.1. The van der Waals surface area contributed by atoms with E-state index in [1.165, 1.54) is 6.26 Å². The van der Waals surface area contributed by atoms with Crippen LogP contribution >= 0.6 is 0 Å². The molecular formula is C15H15N3O4. The lowest BCUT2D eigenvalue weighted by molar-refractivity contribution is -0.119. The molecular weight excluding hydrogens is 286 g/mol. The Morgan fingerprint density at radius 1 is 1.27 bits per heavy atom. The van der Waals surface area contributed by atoms with Crippen molar-refractivity contribution in [2.45, 2.75) is 6.92 Å². The zero-order valence-corrected chi connectivity index (χ0v) is 11.9. The Labute approximate surface area is 126 Å². The summed E-state index contributed by atoms with van der Waals surface area (Å²) in [6.07, 6.45) is 1.41. The number of furan rings is 1. The molecule has 0 fully saturated rings. The van der Waals surface area contributed by atoms with Crippen molar-refractivity contribution < 1.29 is 18.7 Å². The van der Waals surface area contributed by atoms with Crippen molar-refractivity contribution in [3.8, 4) is 5.75 Å². The number of nitrogens with one attached hydrogen (secondary N) is 1. The molecule has 114 valence electrons. The molecule has 22 heavy (non-hydrogen) atoms. The third-order valence-electron chi connectivity index (χ3n) is 2.72. The summed E-state index contributed by atoms with van der Waals surface area (Å²) in [5.41, 5.74) is 8.81. The van der Waals surface area contributed by atoms with E-state index in [9.17, 15) is 9.59 Å². The molecule has 2 aromatic rings. The lowest BCUT2D eigenvalue weighted by Crippen LogP contribution is -2.20. The first-order chi connectivity index (χ1) is 10.6. The molecule has 1 heterocycles. The van der Waals surface area contributed by atoms with Crippen molar-refractivity contribution >= 4 is 17.5 Å². The van der Waals surface area contributed by atoms with Crippen LogP contribution in [0.5, 0.6) is 5.75 Å². The summed E-state index contributed by atoms with van der Waals surface area (Å²) in [6, 6.07) is 10.1. The van der Waals surface area contributed by atoms with Gasteiger partial charge < -0.3 is 14.9 Å². The maximum Gasteiger partial charge on any atom is 0.307 e. The molecule has 2 amide bonds. The number of benzene rings is 1. The van der Waals surface area contributed by atoms with Gasteiger partial charge in [-0.15, -0.1) is 0 Å². The minimum absolute atomic E-state index is 0.175. The second-order valence-corrected chi connectivity index (χ2v) is 4.39. The van der Waals surface area contributed by atoms with Crippen LogP contribution in [-0.4, -0.2) is 24.1 Å². The number of hydrazone groups is 1. The van der Waals surface area contributed by atoms with Crippen LogP contribution in [-0.2, 0) is 4.79 Å². The van der Waals surface area contributed by atoms with Gasteiger partial charge in [0.1, 0.15) is 5.75 Å².